The lowest BCUT2D eigenvalue weighted by atomic mass is 10.2. The van der Waals surface area contributed by atoms with Crippen LogP contribution >= 0.6 is 0 Å². The first-order valence-electron chi connectivity index (χ1n) is 9.43. The topological polar surface area (TPSA) is 64.7 Å². The van der Waals surface area contributed by atoms with Gasteiger partial charge in [0.2, 0.25) is 0 Å². The Balaban J connectivity index is 1.45. The van der Waals surface area contributed by atoms with Crippen LogP contribution in [0.1, 0.15) is 28.2 Å². The molecular formula is C22H23N5O. The molecule has 2 aromatic carbocycles. The van der Waals surface area contributed by atoms with Crippen molar-refractivity contribution in [3.8, 4) is 5.69 Å². The molecule has 1 N–H and O–H groups in total. The summed E-state index contributed by atoms with van der Waals surface area (Å²) in [7, 11) is 0. The van der Waals surface area contributed by atoms with Crippen LogP contribution in [-0.2, 0) is 6.54 Å². The Morgan fingerprint density at radius 3 is 2.68 bits per heavy atom. The lowest BCUT2D eigenvalue weighted by Crippen LogP contribution is -2.25. The third kappa shape index (κ3) is 3.67. The predicted molar refractivity (Wildman–Crippen MR) is 110 cm³/mol. The van der Waals surface area contributed by atoms with Crippen LogP contribution in [-0.4, -0.2) is 31.8 Å². The minimum Gasteiger partial charge on any atom is -0.352 e. The van der Waals surface area contributed by atoms with Gasteiger partial charge in [-0.25, -0.2) is 4.98 Å². The summed E-state index contributed by atoms with van der Waals surface area (Å²) in [4.78, 5) is 17.1. The summed E-state index contributed by atoms with van der Waals surface area (Å²) in [6.07, 6.45) is 4.67. The quantitative estimate of drug-likeness (QED) is 0.525. The van der Waals surface area contributed by atoms with Gasteiger partial charge in [-0.1, -0.05) is 18.2 Å². The number of carbonyl (C=O) groups is 1. The van der Waals surface area contributed by atoms with Crippen LogP contribution in [0, 0.1) is 13.8 Å². The second-order valence-corrected chi connectivity index (χ2v) is 6.92. The van der Waals surface area contributed by atoms with Crippen LogP contribution in [0.15, 0.2) is 60.9 Å². The Kier molecular flexibility index (Phi) is 4.93. The predicted octanol–water partition coefficient (Wildman–Crippen LogP) is 3.66. The minimum atomic E-state index is -0.0783. The molecule has 4 aromatic rings. The van der Waals surface area contributed by atoms with Crippen LogP contribution in [0.2, 0.25) is 0 Å². The number of aryl methyl sites for hydroxylation is 3. The van der Waals surface area contributed by atoms with Gasteiger partial charge in [-0.05, 0) is 56.2 Å². The maximum Gasteiger partial charge on any atom is 0.251 e. The molecule has 0 aliphatic rings. The Morgan fingerprint density at radius 1 is 1.11 bits per heavy atom. The number of hydrogen-bond donors (Lipinski definition) is 1. The van der Waals surface area contributed by atoms with E-state index in [1.54, 1.807) is 0 Å². The standard InChI is InChI=1S/C22H23N5O/c1-16-14-24-26(15-16)12-6-11-23-22(28)18-9-10-21-20(13-18)25-17(2)27(21)19-7-4-3-5-8-19/h3-5,7-10,13-15H,6,11-12H2,1-2H3,(H,23,28). The lowest BCUT2D eigenvalue weighted by Gasteiger charge is -2.08. The minimum absolute atomic E-state index is 0.0783. The molecule has 0 radical (unpaired) electrons. The lowest BCUT2D eigenvalue weighted by molar-refractivity contribution is 0.0952. The van der Waals surface area contributed by atoms with E-state index in [9.17, 15) is 4.79 Å². The summed E-state index contributed by atoms with van der Waals surface area (Å²) >= 11 is 0. The van der Waals surface area contributed by atoms with Gasteiger partial charge >= 0.3 is 0 Å². The van der Waals surface area contributed by atoms with Gasteiger partial charge in [-0.2, -0.15) is 5.10 Å². The van der Waals surface area contributed by atoms with Crippen molar-refractivity contribution in [2.75, 3.05) is 6.54 Å². The molecule has 6 heteroatoms. The van der Waals surface area contributed by atoms with Crippen molar-refractivity contribution in [1.29, 1.82) is 0 Å². The summed E-state index contributed by atoms with van der Waals surface area (Å²) < 4.78 is 4.00. The summed E-state index contributed by atoms with van der Waals surface area (Å²) in [5.74, 6) is 0.818. The van der Waals surface area contributed by atoms with Crippen molar-refractivity contribution in [2.45, 2.75) is 26.8 Å². The number of fused-ring (bicyclic) bond motifs is 1. The van der Waals surface area contributed by atoms with Crippen LogP contribution in [0.5, 0.6) is 0 Å². The van der Waals surface area contributed by atoms with E-state index in [4.69, 9.17) is 0 Å². The van der Waals surface area contributed by atoms with Gasteiger partial charge < -0.3 is 5.32 Å². The van der Waals surface area contributed by atoms with Crippen molar-refractivity contribution in [3.05, 3.63) is 77.9 Å². The second-order valence-electron chi connectivity index (χ2n) is 6.92. The number of aromatic nitrogens is 4. The van der Waals surface area contributed by atoms with Gasteiger partial charge in [0.1, 0.15) is 5.82 Å². The number of imidazole rings is 1. The highest BCUT2D eigenvalue weighted by Gasteiger charge is 2.12. The number of rotatable bonds is 6. The molecular weight excluding hydrogens is 350 g/mol. The van der Waals surface area contributed by atoms with Gasteiger partial charge in [-0.3, -0.25) is 14.0 Å². The number of hydrogen-bond acceptors (Lipinski definition) is 3. The summed E-state index contributed by atoms with van der Waals surface area (Å²) in [6, 6.07) is 15.8. The molecule has 0 fully saturated rings. The van der Waals surface area contributed by atoms with E-state index in [-0.39, 0.29) is 5.91 Å². The molecule has 0 saturated heterocycles. The first-order valence-corrected chi connectivity index (χ1v) is 9.43. The maximum atomic E-state index is 12.5. The van der Waals surface area contributed by atoms with Crippen molar-refractivity contribution < 1.29 is 4.79 Å². The third-order valence-corrected chi connectivity index (χ3v) is 4.71. The summed E-state index contributed by atoms with van der Waals surface area (Å²) in [5.41, 5.74) is 4.64. The van der Waals surface area contributed by atoms with Crippen LogP contribution in [0.4, 0.5) is 0 Å². The Labute approximate surface area is 163 Å². The molecule has 0 aliphatic heterocycles. The Bertz CT molecular complexity index is 1110. The van der Waals surface area contributed by atoms with Gasteiger partial charge in [-0.15, -0.1) is 0 Å². The van der Waals surface area contributed by atoms with Crippen molar-refractivity contribution in [3.63, 3.8) is 0 Å². The molecule has 4 rings (SSSR count). The van der Waals surface area contributed by atoms with Crippen LogP contribution in [0.25, 0.3) is 16.7 Å². The molecule has 0 spiro atoms. The van der Waals surface area contributed by atoms with Crippen molar-refractivity contribution in [1.82, 2.24) is 24.6 Å². The number of amides is 1. The van der Waals surface area contributed by atoms with Gasteiger partial charge in [0.15, 0.2) is 0 Å². The van der Waals surface area contributed by atoms with Crippen LogP contribution < -0.4 is 5.32 Å². The summed E-state index contributed by atoms with van der Waals surface area (Å²) in [6.45, 7) is 5.38. The molecule has 2 aromatic heterocycles. The monoisotopic (exact) mass is 373 g/mol. The number of benzene rings is 2. The highest BCUT2D eigenvalue weighted by atomic mass is 16.1. The fourth-order valence-corrected chi connectivity index (χ4v) is 3.38. The van der Waals surface area contributed by atoms with E-state index in [0.29, 0.717) is 12.1 Å². The van der Waals surface area contributed by atoms with Crippen LogP contribution in [0.3, 0.4) is 0 Å². The fourth-order valence-electron chi connectivity index (χ4n) is 3.38. The molecule has 6 nitrogen and oxygen atoms in total. The first-order chi connectivity index (χ1) is 13.6. The summed E-state index contributed by atoms with van der Waals surface area (Å²) in [5, 5.41) is 7.23. The van der Waals surface area contributed by atoms with E-state index in [0.717, 1.165) is 41.1 Å². The molecule has 0 aliphatic carbocycles. The smallest absolute Gasteiger partial charge is 0.251 e. The zero-order chi connectivity index (χ0) is 19.5. The molecule has 0 atom stereocenters. The van der Waals surface area contributed by atoms with E-state index in [2.05, 4.69) is 32.1 Å². The highest BCUT2D eigenvalue weighted by Crippen LogP contribution is 2.22. The molecule has 142 valence electrons. The highest BCUT2D eigenvalue weighted by molar-refractivity contribution is 5.97. The van der Waals surface area contributed by atoms with Gasteiger partial charge in [0.25, 0.3) is 5.91 Å². The number of nitrogens with one attached hydrogen (secondary N) is 1. The van der Waals surface area contributed by atoms with E-state index < -0.39 is 0 Å². The third-order valence-electron chi connectivity index (χ3n) is 4.71. The average molecular weight is 373 g/mol. The molecule has 0 unspecified atom stereocenters. The zero-order valence-corrected chi connectivity index (χ0v) is 16.1. The number of para-hydroxylation sites is 1. The Hall–Kier alpha value is -3.41. The van der Waals surface area contributed by atoms with Gasteiger partial charge in [0.05, 0.1) is 17.2 Å². The average Bonchev–Trinajstić information content (AvgIpc) is 3.27. The van der Waals surface area contributed by atoms with Gasteiger partial charge in [0, 0.05) is 30.5 Å². The number of nitrogens with zero attached hydrogens (tertiary/aromatic N) is 4. The van der Waals surface area contributed by atoms with E-state index in [1.165, 1.54) is 0 Å². The largest absolute Gasteiger partial charge is 0.352 e. The molecule has 28 heavy (non-hydrogen) atoms. The SMILES string of the molecule is Cc1cnn(CCCNC(=O)c2ccc3c(c2)nc(C)n3-c2ccccc2)c1. The number of carbonyl (C=O) groups excluding carboxylic acids is 1. The molecule has 2 heterocycles. The van der Waals surface area contributed by atoms with Crippen molar-refractivity contribution in [2.24, 2.45) is 0 Å². The molecule has 0 saturated carbocycles. The van der Waals surface area contributed by atoms with Crippen molar-refractivity contribution >= 4 is 16.9 Å². The van der Waals surface area contributed by atoms with E-state index in [1.807, 2.05) is 67.3 Å². The molecule has 0 bridgehead atoms. The van der Waals surface area contributed by atoms with E-state index >= 15 is 0 Å². The molecule has 1 amide bonds. The second kappa shape index (κ2) is 7.68. The zero-order valence-electron chi connectivity index (χ0n) is 16.1. The first kappa shape index (κ1) is 18.0. The fraction of sp³-hybridized carbons (Fsp3) is 0.227. The normalized spacial score (nSPS) is 11.1. The maximum absolute atomic E-state index is 12.5. The Morgan fingerprint density at radius 2 is 1.93 bits per heavy atom.